The fourth-order valence-corrected chi connectivity index (χ4v) is 1.75. The van der Waals surface area contributed by atoms with Gasteiger partial charge in [-0.25, -0.2) is 8.78 Å². The Bertz CT molecular complexity index is 540. The van der Waals surface area contributed by atoms with Crippen LogP contribution in [0.4, 0.5) is 8.78 Å². The maximum atomic E-state index is 13.0. The van der Waals surface area contributed by atoms with Crippen LogP contribution in [0.25, 0.3) is 0 Å². The van der Waals surface area contributed by atoms with Gasteiger partial charge in [-0.05, 0) is 29.3 Å². The zero-order valence-corrected chi connectivity index (χ0v) is 9.88. The molecule has 2 rings (SSSR count). The molecular formula is C11H10ClF2N3. The zero-order chi connectivity index (χ0) is 12.4. The molecule has 0 saturated carbocycles. The van der Waals surface area contributed by atoms with Crippen LogP contribution < -0.4 is 0 Å². The number of aryl methyl sites for hydroxylation is 1. The van der Waals surface area contributed by atoms with Crippen molar-refractivity contribution < 1.29 is 8.78 Å². The van der Waals surface area contributed by atoms with Crippen LogP contribution in [0.1, 0.15) is 18.3 Å². The molecule has 1 heterocycles. The first-order chi connectivity index (χ1) is 8.11. The van der Waals surface area contributed by atoms with Gasteiger partial charge in [0.15, 0.2) is 11.6 Å². The second-order valence-electron chi connectivity index (χ2n) is 3.57. The Balaban J connectivity index is 2.31. The minimum atomic E-state index is -0.871. The quantitative estimate of drug-likeness (QED) is 0.847. The highest BCUT2D eigenvalue weighted by Crippen LogP contribution is 2.14. The zero-order valence-electron chi connectivity index (χ0n) is 9.12. The summed E-state index contributed by atoms with van der Waals surface area (Å²) in [5.41, 5.74) is 0.611. The van der Waals surface area contributed by atoms with Gasteiger partial charge in [-0.3, -0.25) is 4.57 Å². The summed E-state index contributed by atoms with van der Waals surface area (Å²) in [6.45, 7) is 2.24. The molecule has 90 valence electrons. The largest absolute Gasteiger partial charge is 0.297 e. The molecule has 0 saturated heterocycles. The molecule has 0 radical (unpaired) electrons. The topological polar surface area (TPSA) is 30.7 Å². The minimum Gasteiger partial charge on any atom is -0.297 e. The van der Waals surface area contributed by atoms with Crippen LogP contribution in [0.5, 0.6) is 0 Å². The Labute approximate surface area is 102 Å². The standard InChI is InChI=1S/C11H10ClF2N3/c1-2-10-15-16-11(12)17(10)6-7-3-4-8(13)9(14)5-7/h3-5H,2,6H2,1H3. The van der Waals surface area contributed by atoms with Gasteiger partial charge in [0.25, 0.3) is 0 Å². The number of benzene rings is 1. The lowest BCUT2D eigenvalue weighted by Crippen LogP contribution is -2.05. The summed E-state index contributed by atoms with van der Waals surface area (Å²) in [4.78, 5) is 0. The third-order valence-corrected chi connectivity index (χ3v) is 2.70. The van der Waals surface area contributed by atoms with Gasteiger partial charge >= 0.3 is 0 Å². The van der Waals surface area contributed by atoms with E-state index in [0.717, 1.165) is 12.1 Å². The lowest BCUT2D eigenvalue weighted by atomic mass is 10.2. The van der Waals surface area contributed by atoms with Crippen molar-refractivity contribution in [1.29, 1.82) is 0 Å². The van der Waals surface area contributed by atoms with Gasteiger partial charge in [0.05, 0.1) is 6.54 Å². The van der Waals surface area contributed by atoms with Crippen LogP contribution in [0.3, 0.4) is 0 Å². The van der Waals surface area contributed by atoms with Crippen molar-refractivity contribution in [3.63, 3.8) is 0 Å². The van der Waals surface area contributed by atoms with Crippen LogP contribution in [0.15, 0.2) is 18.2 Å². The molecule has 6 heteroatoms. The molecule has 0 bridgehead atoms. The SMILES string of the molecule is CCc1nnc(Cl)n1Cc1ccc(F)c(F)c1. The van der Waals surface area contributed by atoms with Gasteiger partial charge < -0.3 is 0 Å². The monoisotopic (exact) mass is 257 g/mol. The second kappa shape index (κ2) is 4.79. The number of hydrogen-bond donors (Lipinski definition) is 0. The van der Waals surface area contributed by atoms with Crippen molar-refractivity contribution in [3.8, 4) is 0 Å². The molecule has 0 unspecified atom stereocenters. The van der Waals surface area contributed by atoms with Crippen molar-refractivity contribution in [1.82, 2.24) is 14.8 Å². The van der Waals surface area contributed by atoms with E-state index < -0.39 is 11.6 Å². The Morgan fingerprint density at radius 1 is 1.24 bits per heavy atom. The molecular weight excluding hydrogens is 248 g/mol. The summed E-state index contributed by atoms with van der Waals surface area (Å²) in [5.74, 6) is -1.02. The Morgan fingerprint density at radius 2 is 2.00 bits per heavy atom. The molecule has 3 nitrogen and oxygen atoms in total. The van der Waals surface area contributed by atoms with Gasteiger partial charge in [0.2, 0.25) is 5.28 Å². The highest BCUT2D eigenvalue weighted by atomic mass is 35.5. The first-order valence-corrected chi connectivity index (χ1v) is 5.51. The summed E-state index contributed by atoms with van der Waals surface area (Å²) >= 11 is 5.87. The number of rotatable bonds is 3. The van der Waals surface area contributed by atoms with E-state index in [-0.39, 0.29) is 5.28 Å². The first kappa shape index (κ1) is 12.0. The smallest absolute Gasteiger partial charge is 0.225 e. The maximum absolute atomic E-state index is 13.0. The first-order valence-electron chi connectivity index (χ1n) is 5.13. The Kier molecular flexibility index (Phi) is 3.38. The highest BCUT2D eigenvalue weighted by molar-refractivity contribution is 6.28. The summed E-state index contributed by atoms with van der Waals surface area (Å²) in [6.07, 6.45) is 0.670. The molecule has 1 aromatic carbocycles. The molecule has 0 N–H and O–H groups in total. The summed E-state index contributed by atoms with van der Waals surface area (Å²) in [6, 6.07) is 3.74. The number of halogens is 3. The normalized spacial score (nSPS) is 10.8. The third-order valence-electron chi connectivity index (χ3n) is 2.42. The van der Waals surface area contributed by atoms with E-state index in [4.69, 9.17) is 11.6 Å². The average molecular weight is 258 g/mol. The molecule has 0 aliphatic heterocycles. The van der Waals surface area contributed by atoms with E-state index in [1.165, 1.54) is 6.07 Å². The maximum Gasteiger partial charge on any atom is 0.225 e. The van der Waals surface area contributed by atoms with Crippen molar-refractivity contribution in [2.24, 2.45) is 0 Å². The van der Waals surface area contributed by atoms with Crippen LogP contribution >= 0.6 is 11.6 Å². The fourth-order valence-electron chi connectivity index (χ4n) is 1.55. The summed E-state index contributed by atoms with van der Waals surface area (Å²) < 4.78 is 27.5. The lowest BCUT2D eigenvalue weighted by molar-refractivity contribution is 0.506. The molecule has 0 amide bonds. The van der Waals surface area contributed by atoms with Gasteiger partial charge in [-0.2, -0.15) is 0 Å². The number of nitrogens with zero attached hydrogens (tertiary/aromatic N) is 3. The van der Waals surface area contributed by atoms with Gasteiger partial charge in [0.1, 0.15) is 5.82 Å². The number of aromatic nitrogens is 3. The van der Waals surface area contributed by atoms with Crippen LogP contribution in [0.2, 0.25) is 5.28 Å². The molecule has 1 aromatic heterocycles. The predicted octanol–water partition coefficient (Wildman–Crippen LogP) is 2.82. The average Bonchev–Trinajstić information content (AvgIpc) is 2.65. The van der Waals surface area contributed by atoms with E-state index in [9.17, 15) is 8.78 Å². The second-order valence-corrected chi connectivity index (χ2v) is 3.91. The van der Waals surface area contributed by atoms with E-state index in [1.54, 1.807) is 4.57 Å². The predicted molar refractivity (Wildman–Crippen MR) is 59.9 cm³/mol. The minimum absolute atomic E-state index is 0.242. The van der Waals surface area contributed by atoms with E-state index in [2.05, 4.69) is 10.2 Å². The number of hydrogen-bond acceptors (Lipinski definition) is 2. The molecule has 2 aromatic rings. The van der Waals surface area contributed by atoms with Crippen molar-refractivity contribution >= 4 is 11.6 Å². The third kappa shape index (κ3) is 2.44. The molecule has 17 heavy (non-hydrogen) atoms. The van der Waals surface area contributed by atoms with Crippen LogP contribution in [-0.4, -0.2) is 14.8 Å². The van der Waals surface area contributed by atoms with Gasteiger partial charge in [0, 0.05) is 6.42 Å². The summed E-state index contributed by atoms with van der Waals surface area (Å²) in [5, 5.41) is 7.86. The van der Waals surface area contributed by atoms with Gasteiger partial charge in [-0.15, -0.1) is 10.2 Å². The molecule has 0 atom stereocenters. The molecule has 0 fully saturated rings. The van der Waals surface area contributed by atoms with Crippen molar-refractivity contribution in [3.05, 3.63) is 46.5 Å². The molecule has 0 aliphatic rings. The molecule has 0 spiro atoms. The van der Waals surface area contributed by atoms with Crippen LogP contribution in [0, 0.1) is 11.6 Å². The van der Waals surface area contributed by atoms with Crippen molar-refractivity contribution in [2.45, 2.75) is 19.9 Å². The Morgan fingerprint density at radius 3 is 2.65 bits per heavy atom. The lowest BCUT2D eigenvalue weighted by Gasteiger charge is -2.06. The molecule has 0 aliphatic carbocycles. The van der Waals surface area contributed by atoms with E-state index in [1.807, 2.05) is 6.92 Å². The Hall–Kier alpha value is -1.49. The van der Waals surface area contributed by atoms with E-state index >= 15 is 0 Å². The van der Waals surface area contributed by atoms with Crippen molar-refractivity contribution in [2.75, 3.05) is 0 Å². The summed E-state index contributed by atoms with van der Waals surface area (Å²) in [7, 11) is 0. The highest BCUT2D eigenvalue weighted by Gasteiger charge is 2.10. The fraction of sp³-hybridized carbons (Fsp3) is 0.273. The van der Waals surface area contributed by atoms with Crippen LogP contribution in [-0.2, 0) is 13.0 Å². The van der Waals surface area contributed by atoms with E-state index in [0.29, 0.717) is 24.4 Å². The van der Waals surface area contributed by atoms with Gasteiger partial charge in [-0.1, -0.05) is 13.0 Å².